The SMILES string of the molecule is CCCCCCCCCCCCCC(=O)OC(COC(=O)CCNCCN(C)C)(COC(=O)CCNCCN(C)C)OC(=O)CCCCCCCCCCCCC. The average molecular weight is 813 g/mol. The van der Waals surface area contributed by atoms with Crippen LogP contribution in [-0.2, 0) is 38.1 Å². The molecule has 336 valence electrons. The Bertz CT molecular complexity index is 905. The van der Waals surface area contributed by atoms with E-state index >= 15 is 0 Å². The lowest BCUT2D eigenvalue weighted by atomic mass is 10.1. The van der Waals surface area contributed by atoms with Gasteiger partial charge < -0.3 is 39.4 Å². The summed E-state index contributed by atoms with van der Waals surface area (Å²) in [7, 11) is 7.89. The van der Waals surface area contributed by atoms with Crippen LogP contribution in [0.5, 0.6) is 0 Å². The van der Waals surface area contributed by atoms with Gasteiger partial charge in [0.25, 0.3) is 0 Å². The van der Waals surface area contributed by atoms with E-state index in [2.05, 4.69) is 24.5 Å². The fourth-order valence-corrected chi connectivity index (χ4v) is 6.33. The van der Waals surface area contributed by atoms with Crippen molar-refractivity contribution < 1.29 is 38.1 Å². The molecule has 0 spiro atoms. The van der Waals surface area contributed by atoms with Crippen molar-refractivity contribution in [3.8, 4) is 0 Å². The summed E-state index contributed by atoms with van der Waals surface area (Å²) in [5, 5.41) is 6.40. The minimum absolute atomic E-state index is 0.0707. The highest BCUT2D eigenvalue weighted by atomic mass is 16.8. The highest BCUT2D eigenvalue weighted by Gasteiger charge is 2.42. The summed E-state index contributed by atoms with van der Waals surface area (Å²) in [5.74, 6) is -4.34. The summed E-state index contributed by atoms with van der Waals surface area (Å²) in [6.07, 6.45) is 25.5. The lowest BCUT2D eigenvalue weighted by molar-refractivity contribution is -0.259. The molecule has 0 aromatic rings. The molecule has 0 rings (SSSR count). The van der Waals surface area contributed by atoms with Crippen LogP contribution in [0.15, 0.2) is 0 Å². The Morgan fingerprint density at radius 2 is 0.702 bits per heavy atom. The van der Waals surface area contributed by atoms with E-state index in [1.165, 1.54) is 89.9 Å². The minimum atomic E-state index is -2.08. The molecule has 0 bridgehead atoms. The summed E-state index contributed by atoms with van der Waals surface area (Å²) >= 11 is 0. The fourth-order valence-electron chi connectivity index (χ4n) is 6.33. The van der Waals surface area contributed by atoms with E-state index in [0.29, 0.717) is 39.0 Å². The van der Waals surface area contributed by atoms with Gasteiger partial charge in [0.2, 0.25) is 0 Å². The van der Waals surface area contributed by atoms with Crippen molar-refractivity contribution >= 4 is 23.9 Å². The molecule has 0 aromatic carbocycles. The molecular formula is C45H88N4O8. The molecule has 0 aromatic heterocycles. The summed E-state index contributed by atoms with van der Waals surface area (Å²) in [6, 6.07) is 0. The molecule has 0 saturated heterocycles. The maximum atomic E-state index is 13.3. The highest BCUT2D eigenvalue weighted by Crippen LogP contribution is 2.21. The fraction of sp³-hybridized carbons (Fsp3) is 0.911. The van der Waals surface area contributed by atoms with Crippen molar-refractivity contribution in [1.29, 1.82) is 0 Å². The molecule has 0 aliphatic carbocycles. The van der Waals surface area contributed by atoms with Crippen LogP contribution >= 0.6 is 0 Å². The predicted octanol–water partition coefficient (Wildman–Crippen LogP) is 8.34. The molecule has 0 aliphatic rings. The first-order chi connectivity index (χ1) is 27.5. The van der Waals surface area contributed by atoms with Crippen molar-refractivity contribution in [2.45, 2.75) is 187 Å². The zero-order valence-electron chi connectivity index (χ0n) is 37.7. The van der Waals surface area contributed by atoms with Crippen molar-refractivity contribution in [1.82, 2.24) is 20.4 Å². The number of hydrogen-bond donors (Lipinski definition) is 2. The van der Waals surface area contributed by atoms with Gasteiger partial charge in [0.05, 0.1) is 12.8 Å². The Labute approximate surface area is 349 Å². The van der Waals surface area contributed by atoms with Gasteiger partial charge >= 0.3 is 29.7 Å². The molecule has 12 heteroatoms. The van der Waals surface area contributed by atoms with Crippen LogP contribution in [0.25, 0.3) is 0 Å². The molecule has 0 unspecified atom stereocenters. The van der Waals surface area contributed by atoms with Gasteiger partial charge in [-0.2, -0.15) is 0 Å². The van der Waals surface area contributed by atoms with Gasteiger partial charge in [-0.15, -0.1) is 0 Å². The van der Waals surface area contributed by atoms with E-state index in [1.807, 2.05) is 38.0 Å². The van der Waals surface area contributed by atoms with Crippen LogP contribution in [-0.4, -0.2) is 120 Å². The normalized spacial score (nSPS) is 11.6. The summed E-state index contributed by atoms with van der Waals surface area (Å²) in [6.45, 7) is 7.17. The largest absolute Gasteiger partial charge is 0.457 e. The molecule has 0 radical (unpaired) electrons. The second-order valence-electron chi connectivity index (χ2n) is 16.4. The van der Waals surface area contributed by atoms with E-state index in [9.17, 15) is 19.2 Å². The third kappa shape index (κ3) is 37.7. The second kappa shape index (κ2) is 39.2. The molecular weight excluding hydrogens is 725 g/mol. The van der Waals surface area contributed by atoms with E-state index in [0.717, 1.165) is 51.6 Å². The van der Waals surface area contributed by atoms with Gasteiger partial charge in [0.15, 0.2) is 13.2 Å². The van der Waals surface area contributed by atoms with Crippen molar-refractivity contribution in [3.63, 3.8) is 0 Å². The maximum absolute atomic E-state index is 13.3. The monoisotopic (exact) mass is 813 g/mol. The van der Waals surface area contributed by atoms with Crippen LogP contribution in [0.4, 0.5) is 0 Å². The molecule has 0 fully saturated rings. The molecule has 2 N–H and O–H groups in total. The van der Waals surface area contributed by atoms with Crippen molar-refractivity contribution in [2.24, 2.45) is 0 Å². The molecule has 0 amide bonds. The number of unbranched alkanes of at least 4 members (excludes halogenated alkanes) is 20. The number of ether oxygens (including phenoxy) is 4. The Kier molecular flexibility index (Phi) is 37.6. The first-order valence-electron chi connectivity index (χ1n) is 23.0. The number of esters is 4. The van der Waals surface area contributed by atoms with Gasteiger partial charge in [0, 0.05) is 52.1 Å². The average Bonchev–Trinajstić information content (AvgIpc) is 3.17. The third-order valence-electron chi connectivity index (χ3n) is 9.96. The smallest absolute Gasteiger partial charge is 0.325 e. The van der Waals surface area contributed by atoms with Gasteiger partial charge in [-0.1, -0.05) is 142 Å². The summed E-state index contributed by atoms with van der Waals surface area (Å²) in [4.78, 5) is 56.4. The van der Waals surface area contributed by atoms with Crippen molar-refractivity contribution in [2.75, 3.05) is 80.7 Å². The van der Waals surface area contributed by atoms with E-state index in [4.69, 9.17) is 18.9 Å². The molecule has 57 heavy (non-hydrogen) atoms. The summed E-state index contributed by atoms with van der Waals surface area (Å²) < 4.78 is 22.9. The van der Waals surface area contributed by atoms with Crippen LogP contribution < -0.4 is 10.6 Å². The first-order valence-corrected chi connectivity index (χ1v) is 23.0. The Morgan fingerprint density at radius 1 is 0.404 bits per heavy atom. The predicted molar refractivity (Wildman–Crippen MR) is 231 cm³/mol. The van der Waals surface area contributed by atoms with E-state index in [-0.39, 0.29) is 25.7 Å². The van der Waals surface area contributed by atoms with Crippen LogP contribution in [0.2, 0.25) is 0 Å². The Balaban J connectivity index is 5.44. The second-order valence-corrected chi connectivity index (χ2v) is 16.4. The highest BCUT2D eigenvalue weighted by molar-refractivity contribution is 5.73. The number of likely N-dealkylation sites (N-methyl/N-ethyl adjacent to an activating group) is 2. The zero-order valence-corrected chi connectivity index (χ0v) is 37.7. The van der Waals surface area contributed by atoms with E-state index in [1.54, 1.807) is 0 Å². The lowest BCUT2D eigenvalue weighted by Gasteiger charge is -2.32. The summed E-state index contributed by atoms with van der Waals surface area (Å²) in [5.41, 5.74) is 0. The molecule has 0 atom stereocenters. The van der Waals surface area contributed by atoms with Crippen LogP contribution in [0.3, 0.4) is 0 Å². The van der Waals surface area contributed by atoms with E-state index < -0.39 is 42.9 Å². The number of carbonyl (C=O) groups excluding carboxylic acids is 4. The molecule has 0 aliphatic heterocycles. The molecule has 12 nitrogen and oxygen atoms in total. The minimum Gasteiger partial charge on any atom is -0.457 e. The zero-order chi connectivity index (χ0) is 42.2. The third-order valence-corrected chi connectivity index (χ3v) is 9.96. The standard InChI is InChI=1S/C45H88N4O8/c1-7-9-11-13-15-17-19-21-23-25-27-29-43(52)56-45(39-54-41(50)31-33-46-35-37-48(3)4,40-55-42(51)32-34-47-36-38-49(5)6)57-44(53)30-28-26-24-22-20-18-16-14-12-10-8-2/h46-47H,7-40H2,1-6H3. The van der Waals surface area contributed by atoms with Gasteiger partial charge in [-0.05, 0) is 41.0 Å². The van der Waals surface area contributed by atoms with Gasteiger partial charge in [0.1, 0.15) is 0 Å². The molecule has 0 heterocycles. The number of carbonyl (C=O) groups is 4. The maximum Gasteiger partial charge on any atom is 0.325 e. The first kappa shape index (κ1) is 54.7. The van der Waals surface area contributed by atoms with Gasteiger partial charge in [-0.3, -0.25) is 19.2 Å². The topological polar surface area (TPSA) is 136 Å². The molecule has 0 saturated carbocycles. The lowest BCUT2D eigenvalue weighted by Crippen LogP contribution is -2.49. The van der Waals surface area contributed by atoms with Crippen molar-refractivity contribution in [3.05, 3.63) is 0 Å². The number of hydrogen-bond acceptors (Lipinski definition) is 12. The Morgan fingerprint density at radius 3 is 1.00 bits per heavy atom. The van der Waals surface area contributed by atoms with Crippen LogP contribution in [0, 0.1) is 0 Å². The number of nitrogens with zero attached hydrogens (tertiary/aromatic N) is 2. The number of rotatable bonds is 42. The Hall–Kier alpha value is -2.28. The van der Waals surface area contributed by atoms with Crippen LogP contribution in [0.1, 0.15) is 181 Å². The quantitative estimate of drug-likeness (QED) is 0.0266. The van der Waals surface area contributed by atoms with Gasteiger partial charge in [-0.25, -0.2) is 0 Å². The number of nitrogens with one attached hydrogen (secondary N) is 2.